The van der Waals surface area contributed by atoms with Gasteiger partial charge in [-0.05, 0) is 49.6 Å². The molecule has 0 fully saturated rings. The zero-order valence-corrected chi connectivity index (χ0v) is 11.5. The summed E-state index contributed by atoms with van der Waals surface area (Å²) in [6.45, 7) is 5.85. The minimum Gasteiger partial charge on any atom is -0.393 e. The number of hydrogen-bond acceptors (Lipinski definition) is 2. The molecule has 2 N–H and O–H groups in total. The molecule has 0 aromatic heterocycles. The fourth-order valence-electron chi connectivity index (χ4n) is 1.55. The van der Waals surface area contributed by atoms with E-state index < -0.39 is 0 Å². The number of benzene rings is 1. The number of halogens is 1. The quantitative estimate of drug-likeness (QED) is 0.788. The van der Waals surface area contributed by atoms with Crippen LogP contribution in [0.1, 0.15) is 30.9 Å². The second-order valence-electron chi connectivity index (χ2n) is 4.10. The van der Waals surface area contributed by atoms with Crippen molar-refractivity contribution in [3.63, 3.8) is 0 Å². The molecule has 1 rings (SSSR count). The summed E-state index contributed by atoms with van der Waals surface area (Å²) in [6, 6.07) is 6.31. The summed E-state index contributed by atoms with van der Waals surface area (Å²) in [5, 5.41) is 12.8. The number of aliphatic hydroxyl groups excluding tert-OH is 1. The zero-order valence-electron chi connectivity index (χ0n) is 9.96. The van der Waals surface area contributed by atoms with Crippen molar-refractivity contribution >= 4 is 15.9 Å². The third-order valence-electron chi connectivity index (χ3n) is 2.75. The predicted molar refractivity (Wildman–Crippen MR) is 71.5 cm³/mol. The van der Waals surface area contributed by atoms with Crippen molar-refractivity contribution in [2.75, 3.05) is 6.54 Å². The van der Waals surface area contributed by atoms with E-state index in [0.29, 0.717) is 0 Å². The van der Waals surface area contributed by atoms with Gasteiger partial charge in [-0.25, -0.2) is 0 Å². The van der Waals surface area contributed by atoms with Crippen molar-refractivity contribution in [1.82, 2.24) is 5.32 Å². The molecule has 0 saturated heterocycles. The lowest BCUT2D eigenvalue weighted by Gasteiger charge is -2.10. The van der Waals surface area contributed by atoms with Crippen molar-refractivity contribution in [3.05, 3.63) is 33.8 Å². The van der Waals surface area contributed by atoms with Crippen LogP contribution in [0.25, 0.3) is 0 Å². The normalized spacial score (nSPS) is 12.8. The fraction of sp³-hybridized carbons (Fsp3) is 0.538. The minimum absolute atomic E-state index is 0.168. The minimum atomic E-state index is -0.168. The van der Waals surface area contributed by atoms with E-state index in [1.165, 1.54) is 11.1 Å². The molecule has 0 aliphatic carbocycles. The zero-order chi connectivity index (χ0) is 12.0. The third-order valence-corrected chi connectivity index (χ3v) is 3.24. The first kappa shape index (κ1) is 13.7. The van der Waals surface area contributed by atoms with Crippen molar-refractivity contribution in [1.29, 1.82) is 0 Å². The molecule has 0 saturated carbocycles. The summed E-state index contributed by atoms with van der Waals surface area (Å²) in [6.07, 6.45) is 1.49. The number of nitrogens with one attached hydrogen (secondary N) is 1. The van der Waals surface area contributed by atoms with E-state index in [4.69, 9.17) is 0 Å². The highest BCUT2D eigenvalue weighted by Gasteiger charge is 2.01. The first-order valence-electron chi connectivity index (χ1n) is 5.77. The Morgan fingerprint density at radius 3 is 2.81 bits per heavy atom. The van der Waals surface area contributed by atoms with Gasteiger partial charge in [0.05, 0.1) is 6.10 Å². The molecule has 1 atom stereocenters. The first-order chi connectivity index (χ1) is 7.63. The van der Waals surface area contributed by atoms with Gasteiger partial charge >= 0.3 is 0 Å². The van der Waals surface area contributed by atoms with Crippen molar-refractivity contribution in [2.45, 2.75) is 39.3 Å². The van der Waals surface area contributed by atoms with E-state index in [1.54, 1.807) is 0 Å². The highest BCUT2D eigenvalue weighted by Crippen LogP contribution is 2.15. The van der Waals surface area contributed by atoms with Crippen LogP contribution in [0.4, 0.5) is 0 Å². The maximum Gasteiger partial charge on any atom is 0.0549 e. The van der Waals surface area contributed by atoms with Crippen molar-refractivity contribution in [3.8, 4) is 0 Å². The maximum atomic E-state index is 9.40. The Morgan fingerprint density at radius 1 is 1.44 bits per heavy atom. The molecular weight excluding hydrogens is 266 g/mol. The van der Waals surface area contributed by atoms with Crippen LogP contribution in [0.2, 0.25) is 0 Å². The van der Waals surface area contributed by atoms with Crippen LogP contribution in [0.5, 0.6) is 0 Å². The monoisotopic (exact) mass is 285 g/mol. The predicted octanol–water partition coefficient (Wildman–Crippen LogP) is 3.01. The Balaban J connectivity index is 2.32. The number of rotatable bonds is 6. The topological polar surface area (TPSA) is 32.3 Å². The molecule has 1 aromatic rings. The van der Waals surface area contributed by atoms with Crippen LogP contribution in [-0.4, -0.2) is 17.8 Å². The second kappa shape index (κ2) is 7.05. The fourth-order valence-corrected chi connectivity index (χ4v) is 2.03. The largest absolute Gasteiger partial charge is 0.393 e. The second-order valence-corrected chi connectivity index (χ2v) is 5.01. The molecule has 1 aromatic carbocycles. The first-order valence-corrected chi connectivity index (χ1v) is 6.56. The molecule has 0 spiro atoms. The van der Waals surface area contributed by atoms with Gasteiger partial charge in [0.2, 0.25) is 0 Å². The Hall–Kier alpha value is -0.380. The van der Waals surface area contributed by atoms with Crippen LogP contribution >= 0.6 is 15.9 Å². The van der Waals surface area contributed by atoms with Gasteiger partial charge in [-0.15, -0.1) is 0 Å². The molecule has 0 heterocycles. The van der Waals surface area contributed by atoms with Gasteiger partial charge in [-0.3, -0.25) is 0 Å². The Morgan fingerprint density at radius 2 is 2.19 bits per heavy atom. The summed E-state index contributed by atoms with van der Waals surface area (Å²) in [7, 11) is 0. The van der Waals surface area contributed by atoms with Gasteiger partial charge < -0.3 is 10.4 Å². The van der Waals surface area contributed by atoms with E-state index in [9.17, 15) is 5.11 Å². The van der Waals surface area contributed by atoms with E-state index in [1.807, 2.05) is 6.92 Å². The molecule has 2 nitrogen and oxygen atoms in total. The lowest BCUT2D eigenvalue weighted by atomic mass is 10.1. The maximum absolute atomic E-state index is 9.40. The molecule has 0 bridgehead atoms. The lowest BCUT2D eigenvalue weighted by molar-refractivity contribution is 0.159. The summed E-state index contributed by atoms with van der Waals surface area (Å²) in [4.78, 5) is 0. The summed E-state index contributed by atoms with van der Waals surface area (Å²) < 4.78 is 1.12. The standard InChI is InChI=1S/C13H20BrNO/c1-3-13(16)6-7-15-9-11-4-5-12(14)8-10(11)2/h4-5,8,13,15-16H,3,6-7,9H2,1-2H3. The molecule has 90 valence electrons. The van der Waals surface area contributed by atoms with Crippen molar-refractivity contribution in [2.24, 2.45) is 0 Å². The van der Waals surface area contributed by atoms with E-state index >= 15 is 0 Å². The van der Waals surface area contributed by atoms with Gasteiger partial charge in [0.1, 0.15) is 0 Å². The average molecular weight is 286 g/mol. The smallest absolute Gasteiger partial charge is 0.0549 e. The van der Waals surface area contributed by atoms with Crippen LogP contribution in [0, 0.1) is 6.92 Å². The highest BCUT2D eigenvalue weighted by atomic mass is 79.9. The Labute approximate surface area is 106 Å². The summed E-state index contributed by atoms with van der Waals surface area (Å²) in [5.74, 6) is 0. The van der Waals surface area contributed by atoms with Gasteiger partial charge in [-0.2, -0.15) is 0 Å². The number of aryl methyl sites for hydroxylation is 1. The molecule has 0 radical (unpaired) electrons. The average Bonchev–Trinajstić information content (AvgIpc) is 2.26. The molecular formula is C13H20BrNO. The molecule has 1 unspecified atom stereocenters. The molecule has 16 heavy (non-hydrogen) atoms. The van der Waals surface area contributed by atoms with Gasteiger partial charge in [0, 0.05) is 11.0 Å². The summed E-state index contributed by atoms with van der Waals surface area (Å²) >= 11 is 3.45. The van der Waals surface area contributed by atoms with Gasteiger partial charge in [-0.1, -0.05) is 28.9 Å². The third kappa shape index (κ3) is 4.64. The number of hydrogen-bond donors (Lipinski definition) is 2. The van der Waals surface area contributed by atoms with Gasteiger partial charge in [0.25, 0.3) is 0 Å². The highest BCUT2D eigenvalue weighted by molar-refractivity contribution is 9.10. The number of aliphatic hydroxyl groups is 1. The van der Waals surface area contributed by atoms with Crippen LogP contribution < -0.4 is 5.32 Å². The SMILES string of the molecule is CCC(O)CCNCc1ccc(Br)cc1C. The summed E-state index contributed by atoms with van der Waals surface area (Å²) in [5.41, 5.74) is 2.60. The Bertz CT molecular complexity index is 328. The van der Waals surface area contributed by atoms with Crippen LogP contribution in [0.15, 0.2) is 22.7 Å². The molecule has 0 amide bonds. The van der Waals surface area contributed by atoms with Gasteiger partial charge in [0.15, 0.2) is 0 Å². The Kier molecular flexibility index (Phi) is 6.03. The van der Waals surface area contributed by atoms with E-state index in [2.05, 4.69) is 46.4 Å². The molecule has 0 aliphatic heterocycles. The molecule has 0 aliphatic rings. The van der Waals surface area contributed by atoms with Crippen LogP contribution in [-0.2, 0) is 6.54 Å². The van der Waals surface area contributed by atoms with E-state index in [0.717, 1.165) is 30.4 Å². The van der Waals surface area contributed by atoms with E-state index in [-0.39, 0.29) is 6.10 Å². The lowest BCUT2D eigenvalue weighted by Crippen LogP contribution is -2.20. The van der Waals surface area contributed by atoms with Crippen molar-refractivity contribution < 1.29 is 5.11 Å². The van der Waals surface area contributed by atoms with Crippen LogP contribution in [0.3, 0.4) is 0 Å². The molecule has 3 heteroatoms.